The molecule has 5 nitrogen and oxygen atoms in total. The topological polar surface area (TPSA) is 41.4 Å². The van der Waals surface area contributed by atoms with E-state index >= 15 is 0 Å². The SMILES string of the molecule is CN1CCN(C(=O)c2nn(-c3ccc(F)c(F)c3)c3c2CCC3)C(c2ccccc2)C1. The van der Waals surface area contributed by atoms with Gasteiger partial charge in [0.25, 0.3) is 5.91 Å². The third-order valence-corrected chi connectivity index (χ3v) is 6.31. The molecule has 0 N–H and O–H groups in total. The van der Waals surface area contributed by atoms with Crippen molar-refractivity contribution >= 4 is 5.91 Å². The van der Waals surface area contributed by atoms with Gasteiger partial charge in [-0.25, -0.2) is 13.5 Å². The Bertz CT molecular complexity index is 1130. The first-order chi connectivity index (χ1) is 15.0. The fraction of sp³-hybridized carbons (Fsp3) is 0.333. The number of carbonyl (C=O) groups is 1. The molecule has 1 fully saturated rings. The number of likely N-dealkylation sites (N-methyl/N-ethyl adjacent to an activating group) is 1. The molecule has 1 atom stereocenters. The summed E-state index contributed by atoms with van der Waals surface area (Å²) in [6.07, 6.45) is 2.45. The summed E-state index contributed by atoms with van der Waals surface area (Å²) in [6.45, 7) is 2.16. The number of amides is 1. The molecule has 2 aliphatic rings. The molecule has 0 spiro atoms. The molecular formula is C24H24F2N4O. The minimum atomic E-state index is -0.921. The van der Waals surface area contributed by atoms with Gasteiger partial charge in [0.1, 0.15) is 0 Å². The molecule has 0 radical (unpaired) electrons. The van der Waals surface area contributed by atoms with Gasteiger partial charge >= 0.3 is 0 Å². The summed E-state index contributed by atoms with van der Waals surface area (Å²) in [5.74, 6) is -1.91. The molecule has 2 aromatic carbocycles. The Balaban J connectivity index is 1.54. The van der Waals surface area contributed by atoms with Crippen LogP contribution in [-0.4, -0.2) is 52.2 Å². The second kappa shape index (κ2) is 7.89. The molecule has 3 aromatic rings. The maximum Gasteiger partial charge on any atom is 0.275 e. The first kappa shape index (κ1) is 19.9. The number of aromatic nitrogens is 2. The van der Waals surface area contributed by atoms with E-state index in [1.807, 2.05) is 23.1 Å². The van der Waals surface area contributed by atoms with Crippen molar-refractivity contribution in [3.8, 4) is 5.69 Å². The normalized spacial score (nSPS) is 18.9. The summed E-state index contributed by atoms with van der Waals surface area (Å²) in [5.41, 5.74) is 3.82. The van der Waals surface area contributed by atoms with Crippen LogP contribution in [-0.2, 0) is 12.8 Å². The molecule has 7 heteroatoms. The largest absolute Gasteiger partial charge is 0.328 e. The lowest BCUT2D eigenvalue weighted by Gasteiger charge is -2.40. The van der Waals surface area contributed by atoms with Crippen molar-refractivity contribution in [3.63, 3.8) is 0 Å². The van der Waals surface area contributed by atoms with E-state index in [1.165, 1.54) is 6.07 Å². The summed E-state index contributed by atoms with van der Waals surface area (Å²) >= 11 is 0. The standard InChI is InChI=1S/C24H24F2N4O/c1-28-12-13-29(22(15-28)16-6-3-2-4-7-16)24(31)23-18-8-5-9-21(18)30(27-23)17-10-11-19(25)20(26)14-17/h2-4,6-7,10-11,14,22H,5,8-9,12-13,15H2,1H3. The number of rotatable bonds is 3. The molecule has 160 valence electrons. The van der Waals surface area contributed by atoms with Crippen LogP contribution in [0.15, 0.2) is 48.5 Å². The van der Waals surface area contributed by atoms with Crippen LogP contribution < -0.4 is 0 Å². The third-order valence-electron chi connectivity index (χ3n) is 6.31. The van der Waals surface area contributed by atoms with E-state index < -0.39 is 11.6 Å². The average molecular weight is 422 g/mol. The second-order valence-corrected chi connectivity index (χ2v) is 8.32. The number of nitrogens with zero attached hydrogens (tertiary/aromatic N) is 4. The highest BCUT2D eigenvalue weighted by Crippen LogP contribution is 2.32. The van der Waals surface area contributed by atoms with Gasteiger partial charge in [-0.1, -0.05) is 30.3 Å². The van der Waals surface area contributed by atoms with Crippen molar-refractivity contribution in [1.29, 1.82) is 0 Å². The van der Waals surface area contributed by atoms with Crippen LogP contribution in [0.3, 0.4) is 0 Å². The summed E-state index contributed by atoms with van der Waals surface area (Å²) < 4.78 is 28.9. The lowest BCUT2D eigenvalue weighted by atomic mass is 10.0. The van der Waals surface area contributed by atoms with E-state index in [9.17, 15) is 13.6 Å². The zero-order chi connectivity index (χ0) is 21.5. The Morgan fingerprint density at radius 1 is 1.03 bits per heavy atom. The summed E-state index contributed by atoms with van der Waals surface area (Å²) in [6, 6.07) is 13.7. The van der Waals surface area contributed by atoms with Gasteiger partial charge in [0.05, 0.1) is 11.7 Å². The maximum atomic E-state index is 13.9. The van der Waals surface area contributed by atoms with Crippen molar-refractivity contribution in [3.05, 3.63) is 82.7 Å². The molecule has 1 aliphatic heterocycles. The lowest BCUT2D eigenvalue weighted by Crippen LogP contribution is -2.49. The van der Waals surface area contributed by atoms with Crippen LogP contribution >= 0.6 is 0 Å². The number of hydrogen-bond donors (Lipinski definition) is 0. The van der Waals surface area contributed by atoms with Crippen LogP contribution in [0.1, 0.15) is 39.8 Å². The van der Waals surface area contributed by atoms with Crippen LogP contribution in [0, 0.1) is 11.6 Å². The van der Waals surface area contributed by atoms with E-state index in [4.69, 9.17) is 0 Å². The van der Waals surface area contributed by atoms with Crippen molar-refractivity contribution < 1.29 is 13.6 Å². The minimum absolute atomic E-state index is 0.0575. The summed E-state index contributed by atoms with van der Waals surface area (Å²) in [4.78, 5) is 17.8. The van der Waals surface area contributed by atoms with Crippen LogP contribution in [0.4, 0.5) is 8.78 Å². The van der Waals surface area contributed by atoms with Crippen LogP contribution in [0.25, 0.3) is 5.69 Å². The Morgan fingerprint density at radius 2 is 1.84 bits per heavy atom. The molecule has 0 bridgehead atoms. The first-order valence-corrected chi connectivity index (χ1v) is 10.6. The minimum Gasteiger partial charge on any atom is -0.328 e. The van der Waals surface area contributed by atoms with E-state index in [-0.39, 0.29) is 11.9 Å². The van der Waals surface area contributed by atoms with Crippen molar-refractivity contribution in [2.45, 2.75) is 25.3 Å². The zero-order valence-electron chi connectivity index (χ0n) is 17.4. The van der Waals surface area contributed by atoms with Crippen molar-refractivity contribution in [2.75, 3.05) is 26.7 Å². The molecule has 1 aliphatic carbocycles. The molecule has 1 aromatic heterocycles. The average Bonchev–Trinajstić information content (AvgIpc) is 3.39. The highest BCUT2D eigenvalue weighted by atomic mass is 19.2. The van der Waals surface area contributed by atoms with Gasteiger partial charge in [0.2, 0.25) is 0 Å². The van der Waals surface area contributed by atoms with Crippen LogP contribution in [0.5, 0.6) is 0 Å². The zero-order valence-corrected chi connectivity index (χ0v) is 17.4. The lowest BCUT2D eigenvalue weighted by molar-refractivity contribution is 0.0491. The van der Waals surface area contributed by atoms with E-state index in [2.05, 4.69) is 29.2 Å². The van der Waals surface area contributed by atoms with Gasteiger partial charge in [0, 0.05) is 37.0 Å². The van der Waals surface area contributed by atoms with E-state index in [0.29, 0.717) is 17.9 Å². The molecule has 31 heavy (non-hydrogen) atoms. The van der Waals surface area contributed by atoms with Gasteiger partial charge in [-0.15, -0.1) is 0 Å². The van der Waals surface area contributed by atoms with Gasteiger partial charge < -0.3 is 9.80 Å². The first-order valence-electron chi connectivity index (χ1n) is 10.6. The quantitative estimate of drug-likeness (QED) is 0.645. The fourth-order valence-electron chi connectivity index (χ4n) is 4.70. The number of halogens is 2. The monoisotopic (exact) mass is 422 g/mol. The molecule has 1 amide bonds. The molecule has 1 unspecified atom stereocenters. The number of fused-ring (bicyclic) bond motifs is 1. The number of carbonyl (C=O) groups excluding carboxylic acids is 1. The number of piperazine rings is 1. The number of hydrogen-bond acceptors (Lipinski definition) is 3. The molecular weight excluding hydrogens is 398 g/mol. The van der Waals surface area contributed by atoms with Gasteiger partial charge in [-0.05, 0) is 44.0 Å². The smallest absolute Gasteiger partial charge is 0.275 e. The highest BCUT2D eigenvalue weighted by molar-refractivity contribution is 5.94. The van der Waals surface area contributed by atoms with Gasteiger partial charge in [-0.2, -0.15) is 5.10 Å². The summed E-state index contributed by atoms with van der Waals surface area (Å²) in [7, 11) is 2.06. The predicted octanol–water partition coefficient (Wildman–Crippen LogP) is 3.77. The van der Waals surface area contributed by atoms with Gasteiger partial charge in [0.15, 0.2) is 17.3 Å². The van der Waals surface area contributed by atoms with Crippen molar-refractivity contribution in [1.82, 2.24) is 19.6 Å². The Hall–Kier alpha value is -3.06. The summed E-state index contributed by atoms with van der Waals surface area (Å²) in [5, 5.41) is 4.62. The molecule has 1 saturated heterocycles. The predicted molar refractivity (Wildman–Crippen MR) is 113 cm³/mol. The Morgan fingerprint density at radius 3 is 2.61 bits per heavy atom. The highest BCUT2D eigenvalue weighted by Gasteiger charge is 2.35. The number of benzene rings is 2. The molecule has 0 saturated carbocycles. The van der Waals surface area contributed by atoms with Crippen LogP contribution in [0.2, 0.25) is 0 Å². The second-order valence-electron chi connectivity index (χ2n) is 8.32. The fourth-order valence-corrected chi connectivity index (χ4v) is 4.70. The van der Waals surface area contributed by atoms with Crippen molar-refractivity contribution in [2.24, 2.45) is 0 Å². The van der Waals surface area contributed by atoms with E-state index in [0.717, 1.165) is 61.3 Å². The Kier molecular flexibility index (Phi) is 5.06. The molecule has 5 rings (SSSR count). The Labute approximate surface area is 179 Å². The van der Waals surface area contributed by atoms with Gasteiger partial charge in [-0.3, -0.25) is 4.79 Å². The maximum absolute atomic E-state index is 13.9. The molecule has 2 heterocycles. The third kappa shape index (κ3) is 3.53. The van der Waals surface area contributed by atoms with E-state index in [1.54, 1.807) is 4.68 Å².